The fraction of sp³-hybridized carbons (Fsp3) is 0.412. The number of aromatic nitrogens is 1. The number of fused-ring (bicyclic) bond motifs is 1. The molecule has 22 heavy (non-hydrogen) atoms. The van der Waals surface area contributed by atoms with E-state index in [0.717, 1.165) is 10.9 Å². The Morgan fingerprint density at radius 1 is 1.32 bits per heavy atom. The van der Waals surface area contributed by atoms with Gasteiger partial charge >= 0.3 is 5.97 Å². The van der Waals surface area contributed by atoms with Gasteiger partial charge in [0.2, 0.25) is 0 Å². The molecule has 2 aromatic rings. The lowest BCUT2D eigenvalue weighted by atomic mass is 9.69. The van der Waals surface area contributed by atoms with Crippen LogP contribution in [-0.4, -0.2) is 30.3 Å². The zero-order valence-electron chi connectivity index (χ0n) is 12.4. The molecule has 1 aromatic carbocycles. The Morgan fingerprint density at radius 2 is 2.09 bits per heavy atom. The van der Waals surface area contributed by atoms with Gasteiger partial charge in [0.05, 0.1) is 10.9 Å². The fourth-order valence-corrected chi connectivity index (χ4v) is 2.74. The van der Waals surface area contributed by atoms with Gasteiger partial charge in [-0.25, -0.2) is 4.39 Å². The largest absolute Gasteiger partial charge is 0.489 e. The Bertz CT molecular complexity index is 677. The minimum absolute atomic E-state index is 0.155. The average molecular weight is 303 g/mol. The molecule has 0 spiro atoms. The van der Waals surface area contributed by atoms with Crippen LogP contribution in [0.25, 0.3) is 10.9 Å². The Kier molecular flexibility index (Phi) is 3.96. The molecule has 0 unspecified atom stereocenters. The number of hydrogen-bond donors (Lipinski definition) is 0. The van der Waals surface area contributed by atoms with E-state index in [2.05, 4.69) is 4.98 Å². The summed E-state index contributed by atoms with van der Waals surface area (Å²) in [6.45, 7) is 2.15. The van der Waals surface area contributed by atoms with Crippen molar-refractivity contribution in [2.45, 2.75) is 25.9 Å². The summed E-state index contributed by atoms with van der Waals surface area (Å²) >= 11 is 0. The first-order valence-corrected chi connectivity index (χ1v) is 7.36. The Hall–Kier alpha value is -2.17. The highest BCUT2D eigenvalue weighted by atomic mass is 19.1. The third-order valence-corrected chi connectivity index (χ3v) is 4.02. The lowest BCUT2D eigenvalue weighted by Crippen LogP contribution is -2.44. The first-order valence-electron chi connectivity index (χ1n) is 7.36. The molecular formula is C17H18FNO3. The summed E-state index contributed by atoms with van der Waals surface area (Å²) in [6.07, 6.45) is 1.31. The van der Waals surface area contributed by atoms with Crippen molar-refractivity contribution >= 4 is 16.9 Å². The van der Waals surface area contributed by atoms with Crippen molar-refractivity contribution in [2.75, 3.05) is 13.2 Å². The Labute approximate surface area is 128 Å². The molecule has 1 heterocycles. The summed E-state index contributed by atoms with van der Waals surface area (Å²) in [6, 6.07) is 9.46. The van der Waals surface area contributed by atoms with E-state index in [1.54, 1.807) is 19.2 Å². The zero-order chi connectivity index (χ0) is 15.6. The van der Waals surface area contributed by atoms with Crippen molar-refractivity contribution in [3.05, 3.63) is 36.5 Å². The van der Waals surface area contributed by atoms with Gasteiger partial charge in [0.25, 0.3) is 0 Å². The zero-order valence-corrected chi connectivity index (χ0v) is 12.4. The number of halogens is 1. The van der Waals surface area contributed by atoms with Crippen molar-refractivity contribution in [2.24, 2.45) is 5.41 Å². The number of carbonyl (C=O) groups is 1. The molecule has 1 aromatic heterocycles. The van der Waals surface area contributed by atoms with Gasteiger partial charge in [0.15, 0.2) is 0 Å². The predicted molar refractivity (Wildman–Crippen MR) is 80.4 cm³/mol. The minimum atomic E-state index is -0.878. The van der Waals surface area contributed by atoms with E-state index in [9.17, 15) is 9.18 Å². The number of hydrogen-bond acceptors (Lipinski definition) is 4. The van der Waals surface area contributed by atoms with Crippen molar-refractivity contribution < 1.29 is 18.7 Å². The third-order valence-electron chi connectivity index (χ3n) is 4.02. The van der Waals surface area contributed by atoms with E-state index in [-0.39, 0.29) is 32.0 Å². The van der Waals surface area contributed by atoms with Crippen LogP contribution in [0.15, 0.2) is 36.5 Å². The van der Waals surface area contributed by atoms with Gasteiger partial charge in [0.1, 0.15) is 25.1 Å². The maximum atomic E-state index is 12.9. The highest BCUT2D eigenvalue weighted by Crippen LogP contribution is 2.43. The van der Waals surface area contributed by atoms with Crippen molar-refractivity contribution in [3.8, 4) is 5.75 Å². The predicted octanol–water partition coefficient (Wildman–Crippen LogP) is 3.30. The number of benzene rings is 1. The molecule has 0 aliphatic heterocycles. The van der Waals surface area contributed by atoms with Gasteiger partial charge in [-0.3, -0.25) is 9.78 Å². The molecular weight excluding hydrogens is 285 g/mol. The molecule has 3 rings (SSSR count). The van der Waals surface area contributed by atoms with Crippen LogP contribution < -0.4 is 4.74 Å². The standard InChI is InChI=1S/C17H18FNO3/c1-17(10-12(18)11-17)16(20)22-9-8-21-15-6-7-19-14-5-3-2-4-13(14)15/h2-7,12H,8-11H2,1H3. The van der Waals surface area contributed by atoms with Gasteiger partial charge in [0, 0.05) is 11.6 Å². The normalized spacial score (nSPS) is 23.8. The third kappa shape index (κ3) is 2.89. The highest BCUT2D eigenvalue weighted by molar-refractivity contribution is 5.84. The maximum absolute atomic E-state index is 12.9. The number of esters is 1. The SMILES string of the molecule is CC1(C(=O)OCCOc2ccnc3ccccc23)CC(F)C1. The van der Waals surface area contributed by atoms with Gasteiger partial charge in [-0.2, -0.15) is 0 Å². The Balaban J connectivity index is 1.52. The summed E-state index contributed by atoms with van der Waals surface area (Å²) in [5.41, 5.74) is 0.191. The van der Waals surface area contributed by atoms with E-state index < -0.39 is 11.6 Å². The molecule has 0 radical (unpaired) electrons. The highest BCUT2D eigenvalue weighted by Gasteiger charge is 2.47. The topological polar surface area (TPSA) is 48.4 Å². The van der Waals surface area contributed by atoms with Crippen LogP contribution in [0.5, 0.6) is 5.75 Å². The van der Waals surface area contributed by atoms with Crippen LogP contribution in [0.2, 0.25) is 0 Å². The van der Waals surface area contributed by atoms with Crippen molar-refractivity contribution in [1.29, 1.82) is 0 Å². The number of pyridine rings is 1. The second-order valence-corrected chi connectivity index (χ2v) is 5.88. The molecule has 4 nitrogen and oxygen atoms in total. The maximum Gasteiger partial charge on any atom is 0.312 e. The number of ether oxygens (including phenoxy) is 2. The molecule has 1 saturated carbocycles. The van der Waals surface area contributed by atoms with E-state index in [0.29, 0.717) is 5.75 Å². The number of alkyl halides is 1. The molecule has 1 fully saturated rings. The van der Waals surface area contributed by atoms with Crippen LogP contribution in [-0.2, 0) is 9.53 Å². The van der Waals surface area contributed by atoms with E-state index in [4.69, 9.17) is 9.47 Å². The number of nitrogens with zero attached hydrogens (tertiary/aromatic N) is 1. The van der Waals surface area contributed by atoms with Crippen molar-refractivity contribution in [3.63, 3.8) is 0 Å². The lowest BCUT2D eigenvalue weighted by Gasteiger charge is -2.38. The van der Waals surface area contributed by atoms with Gasteiger partial charge in [-0.15, -0.1) is 0 Å². The van der Waals surface area contributed by atoms with E-state index in [1.165, 1.54) is 0 Å². The first-order chi connectivity index (χ1) is 10.6. The van der Waals surface area contributed by atoms with Crippen molar-refractivity contribution in [1.82, 2.24) is 4.98 Å². The smallest absolute Gasteiger partial charge is 0.312 e. The van der Waals surface area contributed by atoms with Crippen LogP contribution >= 0.6 is 0 Å². The van der Waals surface area contributed by atoms with Gasteiger partial charge in [-0.05, 0) is 38.0 Å². The van der Waals surface area contributed by atoms with Crippen LogP contribution in [0.1, 0.15) is 19.8 Å². The molecule has 5 heteroatoms. The molecule has 0 saturated heterocycles. The van der Waals surface area contributed by atoms with Crippen LogP contribution in [0.4, 0.5) is 4.39 Å². The monoisotopic (exact) mass is 303 g/mol. The number of para-hydroxylation sites is 1. The molecule has 116 valence electrons. The minimum Gasteiger partial charge on any atom is -0.489 e. The summed E-state index contributed by atoms with van der Waals surface area (Å²) in [5, 5.41) is 0.919. The summed E-state index contributed by atoms with van der Waals surface area (Å²) in [5.74, 6) is 0.366. The molecule has 0 amide bonds. The molecule has 1 aliphatic rings. The second-order valence-electron chi connectivity index (χ2n) is 5.88. The van der Waals surface area contributed by atoms with Crippen LogP contribution in [0.3, 0.4) is 0 Å². The fourth-order valence-electron chi connectivity index (χ4n) is 2.74. The van der Waals surface area contributed by atoms with E-state index >= 15 is 0 Å². The van der Waals surface area contributed by atoms with Gasteiger partial charge < -0.3 is 9.47 Å². The second kappa shape index (κ2) is 5.91. The molecule has 0 atom stereocenters. The summed E-state index contributed by atoms with van der Waals surface area (Å²) in [4.78, 5) is 16.1. The Morgan fingerprint density at radius 3 is 2.86 bits per heavy atom. The molecule has 1 aliphatic carbocycles. The average Bonchev–Trinajstić information content (AvgIpc) is 2.50. The van der Waals surface area contributed by atoms with Crippen LogP contribution in [0, 0.1) is 5.41 Å². The molecule has 0 bridgehead atoms. The first kappa shape index (κ1) is 14.8. The van der Waals surface area contributed by atoms with E-state index in [1.807, 2.05) is 24.3 Å². The summed E-state index contributed by atoms with van der Waals surface area (Å²) in [7, 11) is 0. The quantitative estimate of drug-likeness (QED) is 0.628. The number of rotatable bonds is 5. The lowest BCUT2D eigenvalue weighted by molar-refractivity contribution is -0.165. The molecule has 0 N–H and O–H groups in total. The van der Waals surface area contributed by atoms with Gasteiger partial charge in [-0.1, -0.05) is 12.1 Å². The number of carbonyl (C=O) groups excluding carboxylic acids is 1. The summed E-state index contributed by atoms with van der Waals surface area (Å²) < 4.78 is 23.7.